The monoisotopic (exact) mass is 132 g/mol. The fraction of sp³-hybridized carbons (Fsp3) is 0.333. The molecule has 2 N–H and O–H groups in total. The van der Waals surface area contributed by atoms with Crippen LogP contribution >= 0.6 is 11.8 Å². The van der Waals surface area contributed by atoms with Gasteiger partial charge in [-0.3, -0.25) is 9.59 Å². The van der Waals surface area contributed by atoms with Gasteiger partial charge in [-0.1, -0.05) is 11.8 Å². The summed E-state index contributed by atoms with van der Waals surface area (Å²) in [5.74, 6) is 4.81. The zero-order chi connectivity index (χ0) is 6.15. The van der Waals surface area contributed by atoms with E-state index in [9.17, 15) is 9.59 Å². The minimum atomic E-state index is -0.366. The Morgan fingerprint density at radius 1 is 1.62 bits per heavy atom. The molecule has 5 heteroatoms. The quantitative estimate of drug-likeness (QED) is 0.358. The largest absolute Gasteiger partial charge is 0.303 e. The standard InChI is InChI=1S/C3H4N2O2S/c4-5-2(6)1-8-3(5)7/h1,4H2. The Balaban J connectivity index is 2.70. The van der Waals surface area contributed by atoms with Gasteiger partial charge in [0.2, 0.25) is 0 Å². The van der Waals surface area contributed by atoms with Gasteiger partial charge in [-0.05, 0) is 0 Å². The summed E-state index contributed by atoms with van der Waals surface area (Å²) in [6.07, 6.45) is 0. The summed E-state index contributed by atoms with van der Waals surface area (Å²) in [5.41, 5.74) is 0. The maximum absolute atomic E-state index is 10.3. The van der Waals surface area contributed by atoms with Gasteiger partial charge < -0.3 is 0 Å². The average Bonchev–Trinajstić information content (AvgIpc) is 1.98. The number of carbonyl (C=O) groups is 2. The predicted molar refractivity (Wildman–Crippen MR) is 28.9 cm³/mol. The van der Waals surface area contributed by atoms with Crippen LogP contribution in [0.25, 0.3) is 0 Å². The summed E-state index contributed by atoms with van der Waals surface area (Å²) in [4.78, 5) is 20.7. The van der Waals surface area contributed by atoms with Crippen LogP contribution in [0.5, 0.6) is 0 Å². The Bertz CT molecular complexity index is 130. The summed E-state index contributed by atoms with van der Waals surface area (Å²) >= 11 is 0.926. The van der Waals surface area contributed by atoms with Gasteiger partial charge in [0.05, 0.1) is 5.75 Å². The molecule has 0 atom stereocenters. The number of hydrogen-bond acceptors (Lipinski definition) is 4. The molecule has 44 valence electrons. The lowest BCUT2D eigenvalue weighted by molar-refractivity contribution is -0.124. The summed E-state index contributed by atoms with van der Waals surface area (Å²) in [6, 6.07) is 0. The van der Waals surface area contributed by atoms with Gasteiger partial charge in [0.15, 0.2) is 0 Å². The second-order valence-electron chi connectivity index (χ2n) is 1.32. The lowest BCUT2D eigenvalue weighted by Gasteiger charge is -1.99. The Morgan fingerprint density at radius 2 is 2.25 bits per heavy atom. The Morgan fingerprint density at radius 3 is 2.38 bits per heavy atom. The first-order valence-electron chi connectivity index (χ1n) is 1.96. The number of amides is 2. The van der Waals surface area contributed by atoms with Gasteiger partial charge in [-0.15, -0.1) is 0 Å². The van der Waals surface area contributed by atoms with Crippen LogP contribution in [0.15, 0.2) is 0 Å². The van der Waals surface area contributed by atoms with E-state index in [0.29, 0.717) is 5.01 Å². The van der Waals surface area contributed by atoms with Gasteiger partial charge in [-0.25, -0.2) is 10.9 Å². The van der Waals surface area contributed by atoms with E-state index < -0.39 is 0 Å². The van der Waals surface area contributed by atoms with Crippen molar-refractivity contribution in [2.75, 3.05) is 5.75 Å². The number of nitrogens with two attached hydrogens (primary N) is 1. The van der Waals surface area contributed by atoms with Gasteiger partial charge >= 0.3 is 5.24 Å². The first-order chi connectivity index (χ1) is 3.72. The average molecular weight is 132 g/mol. The van der Waals surface area contributed by atoms with E-state index >= 15 is 0 Å². The fourth-order valence-electron chi connectivity index (χ4n) is 0.364. The van der Waals surface area contributed by atoms with Crippen LogP contribution in [0.1, 0.15) is 0 Å². The van der Waals surface area contributed by atoms with E-state index in [2.05, 4.69) is 0 Å². The molecule has 0 aromatic carbocycles. The predicted octanol–water partition coefficient (Wildman–Crippen LogP) is -0.445. The van der Waals surface area contributed by atoms with Crippen molar-refractivity contribution in [3.63, 3.8) is 0 Å². The Labute approximate surface area is 50.0 Å². The Hall–Kier alpha value is -0.550. The number of carbonyl (C=O) groups excluding carboxylic acids is 2. The molecule has 2 amide bonds. The molecule has 0 aliphatic carbocycles. The second kappa shape index (κ2) is 1.75. The van der Waals surface area contributed by atoms with Crippen molar-refractivity contribution in [1.82, 2.24) is 5.01 Å². The first kappa shape index (κ1) is 5.58. The number of imide groups is 1. The number of nitrogens with zero attached hydrogens (tertiary/aromatic N) is 1. The lowest BCUT2D eigenvalue weighted by atomic mass is 10.7. The fourth-order valence-corrected chi connectivity index (χ4v) is 0.991. The lowest BCUT2D eigenvalue weighted by Crippen LogP contribution is -2.35. The summed E-state index contributed by atoms with van der Waals surface area (Å²) in [7, 11) is 0. The zero-order valence-corrected chi connectivity index (χ0v) is 4.77. The van der Waals surface area contributed by atoms with Crippen LogP contribution in [0.2, 0.25) is 0 Å². The van der Waals surface area contributed by atoms with E-state index in [1.807, 2.05) is 0 Å². The van der Waals surface area contributed by atoms with Gasteiger partial charge in [0.25, 0.3) is 5.91 Å². The van der Waals surface area contributed by atoms with Crippen LogP contribution in [0.3, 0.4) is 0 Å². The molecular formula is C3H4N2O2S. The molecule has 1 aliphatic heterocycles. The third-order valence-electron chi connectivity index (χ3n) is 0.785. The van der Waals surface area contributed by atoms with Crippen LogP contribution in [-0.4, -0.2) is 21.9 Å². The Kier molecular flexibility index (Phi) is 1.22. The molecule has 0 spiro atoms. The zero-order valence-electron chi connectivity index (χ0n) is 3.96. The normalized spacial score (nSPS) is 20.4. The number of thioether (sulfide) groups is 1. The topological polar surface area (TPSA) is 63.4 Å². The van der Waals surface area contributed by atoms with Crippen molar-refractivity contribution in [2.24, 2.45) is 5.84 Å². The second-order valence-corrected chi connectivity index (χ2v) is 2.24. The van der Waals surface area contributed by atoms with E-state index in [1.165, 1.54) is 0 Å². The van der Waals surface area contributed by atoms with Crippen molar-refractivity contribution in [3.05, 3.63) is 0 Å². The molecule has 0 aromatic rings. The van der Waals surface area contributed by atoms with Gasteiger partial charge in [0, 0.05) is 0 Å². The highest BCUT2D eigenvalue weighted by molar-refractivity contribution is 8.14. The molecular weight excluding hydrogens is 128 g/mol. The molecule has 1 heterocycles. The maximum Gasteiger partial charge on any atom is 0.303 e. The summed E-state index contributed by atoms with van der Waals surface area (Å²) < 4.78 is 0. The number of rotatable bonds is 0. The van der Waals surface area contributed by atoms with Crippen LogP contribution < -0.4 is 5.84 Å². The molecule has 1 rings (SSSR count). The van der Waals surface area contributed by atoms with Crippen LogP contribution in [0.4, 0.5) is 4.79 Å². The molecule has 0 unspecified atom stereocenters. The maximum atomic E-state index is 10.3. The van der Waals surface area contributed by atoms with Crippen molar-refractivity contribution >= 4 is 22.9 Å². The SMILES string of the molecule is NN1C(=O)CSC1=O. The van der Waals surface area contributed by atoms with Crippen molar-refractivity contribution < 1.29 is 9.59 Å². The molecule has 0 saturated carbocycles. The molecule has 8 heavy (non-hydrogen) atoms. The van der Waals surface area contributed by atoms with E-state index in [0.717, 1.165) is 11.8 Å². The molecule has 0 radical (unpaired) electrons. The number of hydrazine groups is 1. The van der Waals surface area contributed by atoms with E-state index in [4.69, 9.17) is 5.84 Å². The third-order valence-corrected chi connectivity index (χ3v) is 1.62. The first-order valence-corrected chi connectivity index (χ1v) is 2.95. The van der Waals surface area contributed by atoms with E-state index in [-0.39, 0.29) is 16.9 Å². The molecule has 1 fully saturated rings. The van der Waals surface area contributed by atoms with Crippen LogP contribution in [-0.2, 0) is 4.79 Å². The molecule has 1 aliphatic rings. The summed E-state index contributed by atoms with van der Waals surface area (Å²) in [5, 5.41) is 0.264. The van der Waals surface area contributed by atoms with Gasteiger partial charge in [0.1, 0.15) is 0 Å². The highest BCUT2D eigenvalue weighted by Gasteiger charge is 2.26. The molecule has 0 bridgehead atoms. The highest BCUT2D eigenvalue weighted by atomic mass is 32.2. The van der Waals surface area contributed by atoms with Crippen LogP contribution in [0, 0.1) is 0 Å². The van der Waals surface area contributed by atoms with Crippen molar-refractivity contribution in [3.8, 4) is 0 Å². The smallest absolute Gasteiger partial charge is 0.272 e. The van der Waals surface area contributed by atoms with E-state index in [1.54, 1.807) is 0 Å². The molecule has 4 nitrogen and oxygen atoms in total. The minimum absolute atomic E-state index is 0.190. The van der Waals surface area contributed by atoms with Gasteiger partial charge in [-0.2, -0.15) is 0 Å². The third kappa shape index (κ3) is 0.696. The minimum Gasteiger partial charge on any atom is -0.272 e. The van der Waals surface area contributed by atoms with Crippen molar-refractivity contribution in [1.29, 1.82) is 0 Å². The highest BCUT2D eigenvalue weighted by Crippen LogP contribution is 2.13. The van der Waals surface area contributed by atoms with Crippen molar-refractivity contribution in [2.45, 2.75) is 0 Å². The molecule has 1 saturated heterocycles. The number of hydrogen-bond donors (Lipinski definition) is 1. The summed E-state index contributed by atoms with van der Waals surface area (Å²) in [6.45, 7) is 0. The molecule has 0 aromatic heterocycles.